The number of hydrogen-bond acceptors (Lipinski definition) is 1. The van der Waals surface area contributed by atoms with Crippen molar-refractivity contribution in [2.45, 2.75) is 13.5 Å². The van der Waals surface area contributed by atoms with Crippen molar-refractivity contribution in [2.75, 3.05) is 7.05 Å². The van der Waals surface area contributed by atoms with Crippen molar-refractivity contribution in [2.24, 2.45) is 0 Å². The number of benzene rings is 1. The minimum atomic E-state index is -0.268. The van der Waals surface area contributed by atoms with Gasteiger partial charge in [0, 0.05) is 26.1 Å². The van der Waals surface area contributed by atoms with Gasteiger partial charge >= 0.3 is 0 Å². The fourth-order valence-corrected chi connectivity index (χ4v) is 0.993. The number of halogens is 1. The van der Waals surface area contributed by atoms with Gasteiger partial charge in [-0.2, -0.15) is 0 Å². The second kappa shape index (κ2) is 4.03. The lowest BCUT2D eigenvalue weighted by Crippen LogP contribution is -2.23. The van der Waals surface area contributed by atoms with E-state index in [-0.39, 0.29) is 11.7 Å². The Balaban J connectivity index is 2.74. The van der Waals surface area contributed by atoms with Crippen molar-refractivity contribution in [3.8, 4) is 0 Å². The Morgan fingerprint density at radius 3 is 2.62 bits per heavy atom. The molecule has 0 heterocycles. The minimum absolute atomic E-state index is 0.0664. The Bertz CT molecular complexity index is 312. The van der Waals surface area contributed by atoms with Crippen molar-refractivity contribution < 1.29 is 9.18 Å². The van der Waals surface area contributed by atoms with E-state index in [1.807, 2.05) is 0 Å². The van der Waals surface area contributed by atoms with Gasteiger partial charge in [0.05, 0.1) is 0 Å². The average Bonchev–Trinajstić information content (AvgIpc) is 2.08. The number of rotatable bonds is 2. The van der Waals surface area contributed by atoms with Crippen LogP contribution in [0.2, 0.25) is 0 Å². The summed E-state index contributed by atoms with van der Waals surface area (Å²) in [5.41, 5.74) is 0.542. The highest BCUT2D eigenvalue weighted by Gasteiger charge is 2.06. The quantitative estimate of drug-likeness (QED) is 0.681. The summed E-state index contributed by atoms with van der Waals surface area (Å²) in [4.78, 5) is 12.3. The molecule has 0 saturated carbocycles. The smallest absolute Gasteiger partial charge is 0.219 e. The number of hydrogen-bond donors (Lipinski definition) is 0. The molecular formula is C10H12FNO. The minimum Gasteiger partial charge on any atom is -0.342 e. The van der Waals surface area contributed by atoms with E-state index in [1.54, 1.807) is 25.2 Å². The maximum Gasteiger partial charge on any atom is 0.219 e. The van der Waals surface area contributed by atoms with Crippen LogP contribution in [0.4, 0.5) is 4.39 Å². The van der Waals surface area contributed by atoms with Crippen LogP contribution in [-0.4, -0.2) is 17.9 Å². The van der Waals surface area contributed by atoms with Crippen molar-refractivity contribution >= 4 is 5.91 Å². The van der Waals surface area contributed by atoms with E-state index in [1.165, 1.54) is 17.9 Å². The van der Waals surface area contributed by atoms with Crippen LogP contribution in [0.3, 0.4) is 0 Å². The zero-order valence-corrected chi connectivity index (χ0v) is 7.75. The van der Waals surface area contributed by atoms with Gasteiger partial charge in [0.2, 0.25) is 5.91 Å². The summed E-state index contributed by atoms with van der Waals surface area (Å²) < 4.78 is 13.1. The molecule has 0 aliphatic heterocycles. The Morgan fingerprint density at radius 1 is 1.46 bits per heavy atom. The first-order valence-electron chi connectivity index (χ1n) is 4.06. The summed E-state index contributed by atoms with van der Waals surface area (Å²) in [6.45, 7) is 1.78. The topological polar surface area (TPSA) is 20.3 Å². The lowest BCUT2D eigenvalue weighted by atomic mass is 10.2. The largest absolute Gasteiger partial charge is 0.342 e. The van der Waals surface area contributed by atoms with E-state index in [0.717, 1.165) is 0 Å². The lowest BCUT2D eigenvalue weighted by Gasteiger charge is -2.14. The fourth-order valence-electron chi connectivity index (χ4n) is 0.993. The van der Waals surface area contributed by atoms with Crippen LogP contribution in [0.1, 0.15) is 12.5 Å². The molecule has 1 aromatic carbocycles. The highest BCUT2D eigenvalue weighted by molar-refractivity contribution is 5.72. The highest BCUT2D eigenvalue weighted by atomic mass is 19.1. The summed E-state index contributed by atoms with van der Waals surface area (Å²) in [5, 5.41) is 0. The van der Waals surface area contributed by atoms with Crippen molar-refractivity contribution in [1.82, 2.24) is 4.90 Å². The number of carbonyl (C=O) groups excluding carboxylic acids is 1. The molecular weight excluding hydrogens is 169 g/mol. The Morgan fingerprint density at radius 2 is 2.08 bits per heavy atom. The van der Waals surface area contributed by atoms with Crippen molar-refractivity contribution in [3.63, 3.8) is 0 Å². The maximum atomic E-state index is 13.1. The van der Waals surface area contributed by atoms with Gasteiger partial charge < -0.3 is 4.90 Å². The molecule has 3 heteroatoms. The Kier molecular flexibility index (Phi) is 3.01. The van der Waals surface area contributed by atoms with Crippen LogP contribution in [0.15, 0.2) is 24.3 Å². The SMILES string of the molecule is CC(=O)N(C)Cc1ccccc1F. The van der Waals surface area contributed by atoms with Crippen LogP contribution in [0, 0.1) is 5.82 Å². The molecule has 0 aliphatic carbocycles. The van der Waals surface area contributed by atoms with Gasteiger partial charge in [0.1, 0.15) is 5.82 Å². The van der Waals surface area contributed by atoms with Gasteiger partial charge in [0.15, 0.2) is 0 Å². The molecule has 13 heavy (non-hydrogen) atoms. The standard InChI is InChI=1S/C10H12FNO/c1-8(13)12(2)7-9-5-3-4-6-10(9)11/h3-6H,7H2,1-2H3. The summed E-state index contributed by atoms with van der Waals surface area (Å²) in [6, 6.07) is 6.46. The highest BCUT2D eigenvalue weighted by Crippen LogP contribution is 2.08. The van der Waals surface area contributed by atoms with Crippen LogP contribution >= 0.6 is 0 Å². The zero-order valence-electron chi connectivity index (χ0n) is 7.75. The molecule has 0 aliphatic rings. The number of carbonyl (C=O) groups is 1. The molecule has 1 rings (SSSR count). The predicted octanol–water partition coefficient (Wildman–Crippen LogP) is 1.80. The molecule has 0 spiro atoms. The first-order valence-corrected chi connectivity index (χ1v) is 4.06. The molecule has 2 nitrogen and oxygen atoms in total. The Labute approximate surface area is 77.0 Å². The van der Waals surface area contributed by atoms with Crippen LogP contribution < -0.4 is 0 Å². The molecule has 0 bridgehead atoms. The van der Waals surface area contributed by atoms with E-state index in [0.29, 0.717) is 12.1 Å². The van der Waals surface area contributed by atoms with Gasteiger partial charge in [-0.1, -0.05) is 18.2 Å². The molecule has 0 fully saturated rings. The van der Waals surface area contributed by atoms with Gasteiger partial charge in [-0.3, -0.25) is 4.79 Å². The van der Waals surface area contributed by atoms with E-state index in [4.69, 9.17) is 0 Å². The second-order valence-electron chi connectivity index (χ2n) is 2.97. The van der Waals surface area contributed by atoms with Crippen LogP contribution in [0.25, 0.3) is 0 Å². The van der Waals surface area contributed by atoms with E-state index in [2.05, 4.69) is 0 Å². The van der Waals surface area contributed by atoms with E-state index < -0.39 is 0 Å². The first kappa shape index (κ1) is 9.71. The molecule has 0 unspecified atom stereocenters. The molecule has 1 amide bonds. The van der Waals surface area contributed by atoms with Gasteiger partial charge in [-0.15, -0.1) is 0 Å². The third kappa shape index (κ3) is 2.54. The van der Waals surface area contributed by atoms with Gasteiger partial charge in [-0.25, -0.2) is 4.39 Å². The molecule has 0 saturated heterocycles. The van der Waals surface area contributed by atoms with Gasteiger partial charge in [0.25, 0.3) is 0 Å². The van der Waals surface area contributed by atoms with E-state index >= 15 is 0 Å². The summed E-state index contributed by atoms with van der Waals surface area (Å²) in [5.74, 6) is -0.334. The predicted molar refractivity (Wildman–Crippen MR) is 48.5 cm³/mol. The molecule has 70 valence electrons. The first-order chi connectivity index (χ1) is 6.11. The monoisotopic (exact) mass is 181 g/mol. The molecule has 0 aromatic heterocycles. The van der Waals surface area contributed by atoms with Crippen LogP contribution in [0.5, 0.6) is 0 Å². The number of amides is 1. The van der Waals surface area contributed by atoms with Gasteiger partial charge in [-0.05, 0) is 6.07 Å². The van der Waals surface area contributed by atoms with Crippen molar-refractivity contribution in [3.05, 3.63) is 35.6 Å². The third-order valence-electron chi connectivity index (χ3n) is 1.90. The second-order valence-corrected chi connectivity index (χ2v) is 2.97. The Hall–Kier alpha value is -1.38. The summed E-state index contributed by atoms with van der Waals surface area (Å²) >= 11 is 0. The normalized spacial score (nSPS) is 9.77. The van der Waals surface area contributed by atoms with Crippen LogP contribution in [-0.2, 0) is 11.3 Å². The number of nitrogens with zero attached hydrogens (tertiary/aromatic N) is 1. The zero-order chi connectivity index (χ0) is 9.84. The third-order valence-corrected chi connectivity index (χ3v) is 1.90. The summed E-state index contributed by atoms with van der Waals surface area (Å²) in [6.07, 6.45) is 0. The molecule has 1 aromatic rings. The molecule has 0 atom stereocenters. The van der Waals surface area contributed by atoms with E-state index in [9.17, 15) is 9.18 Å². The average molecular weight is 181 g/mol. The maximum absolute atomic E-state index is 13.1. The summed E-state index contributed by atoms with van der Waals surface area (Å²) in [7, 11) is 1.65. The lowest BCUT2D eigenvalue weighted by molar-refractivity contribution is -0.128. The molecule has 0 radical (unpaired) electrons. The molecule has 0 N–H and O–H groups in total. The van der Waals surface area contributed by atoms with Crippen molar-refractivity contribution in [1.29, 1.82) is 0 Å². The fraction of sp³-hybridized carbons (Fsp3) is 0.300.